The number of benzene rings is 2. The molecular weight excluding hydrogens is 328 g/mol. The Morgan fingerprint density at radius 2 is 1.42 bits per heavy atom. The summed E-state index contributed by atoms with van der Waals surface area (Å²) >= 11 is 0. The van der Waals surface area contributed by atoms with Crippen molar-refractivity contribution in [2.75, 3.05) is 0 Å². The fourth-order valence-corrected chi connectivity index (χ4v) is 2.65. The predicted molar refractivity (Wildman–Crippen MR) is 98.3 cm³/mol. The minimum Gasteiger partial charge on any atom is -0.469 e. The van der Waals surface area contributed by atoms with E-state index in [2.05, 4.69) is 0 Å². The van der Waals surface area contributed by atoms with Gasteiger partial charge in [-0.3, -0.25) is 4.79 Å². The molecule has 0 aliphatic rings. The van der Waals surface area contributed by atoms with Crippen LogP contribution in [-0.4, -0.2) is 11.8 Å². The lowest BCUT2D eigenvalue weighted by Gasteiger charge is -2.17. The largest absolute Gasteiger partial charge is 0.469 e. The van der Waals surface area contributed by atoms with E-state index in [0.29, 0.717) is 22.5 Å². The summed E-state index contributed by atoms with van der Waals surface area (Å²) in [5.74, 6) is -0.383. The van der Waals surface area contributed by atoms with E-state index in [0.717, 1.165) is 11.1 Å². The summed E-state index contributed by atoms with van der Waals surface area (Å²) in [6.45, 7) is 5.59. The predicted octanol–water partition coefficient (Wildman–Crippen LogP) is 4.99. The molecule has 2 aromatic carbocycles. The number of hydrogen-bond donors (Lipinski definition) is 0. The Morgan fingerprint density at radius 3 is 1.96 bits per heavy atom. The summed E-state index contributed by atoms with van der Waals surface area (Å²) in [6.07, 6.45) is 0.411. The average molecular weight is 348 g/mol. The maximum Gasteiger partial charge on any atom is 0.342 e. The first-order valence-electron chi connectivity index (χ1n) is 8.38. The van der Waals surface area contributed by atoms with E-state index in [1.54, 1.807) is 25.1 Å². The Bertz CT molecular complexity index is 918. The van der Waals surface area contributed by atoms with Gasteiger partial charge in [0, 0.05) is 11.1 Å². The standard InChI is InChI=1S/C22H20O4/c1-14-4-8-17(9-5-14)20(23)21(18-10-6-15(2)7-11-18)26-22(24)19-12-13-25-16(19)3/h4-13,21H,1-3H3/t21-/m1/s1. The monoisotopic (exact) mass is 348 g/mol. The number of ether oxygens (including phenoxy) is 1. The molecule has 26 heavy (non-hydrogen) atoms. The van der Waals surface area contributed by atoms with Crippen LogP contribution < -0.4 is 0 Å². The van der Waals surface area contributed by atoms with Crippen molar-refractivity contribution in [2.24, 2.45) is 0 Å². The summed E-state index contributed by atoms with van der Waals surface area (Å²) in [4.78, 5) is 25.6. The van der Waals surface area contributed by atoms with Gasteiger partial charge in [0.25, 0.3) is 0 Å². The van der Waals surface area contributed by atoms with E-state index in [-0.39, 0.29) is 5.78 Å². The zero-order valence-corrected chi connectivity index (χ0v) is 15.0. The quantitative estimate of drug-likeness (QED) is 0.482. The van der Waals surface area contributed by atoms with E-state index in [9.17, 15) is 9.59 Å². The molecule has 1 aromatic heterocycles. The minimum atomic E-state index is -1.01. The van der Waals surface area contributed by atoms with Gasteiger partial charge in [-0.15, -0.1) is 0 Å². The molecule has 0 fully saturated rings. The summed E-state index contributed by atoms with van der Waals surface area (Å²) in [5.41, 5.74) is 3.57. The molecule has 0 bridgehead atoms. The Morgan fingerprint density at radius 1 is 0.846 bits per heavy atom. The third-order valence-corrected chi connectivity index (χ3v) is 4.26. The van der Waals surface area contributed by atoms with Crippen molar-refractivity contribution in [3.8, 4) is 0 Å². The van der Waals surface area contributed by atoms with Crippen molar-refractivity contribution in [1.29, 1.82) is 0 Å². The highest BCUT2D eigenvalue weighted by Crippen LogP contribution is 2.25. The second-order valence-corrected chi connectivity index (χ2v) is 6.32. The first-order valence-corrected chi connectivity index (χ1v) is 8.38. The lowest BCUT2D eigenvalue weighted by atomic mass is 9.98. The molecule has 0 radical (unpaired) electrons. The van der Waals surface area contributed by atoms with Gasteiger partial charge in [-0.2, -0.15) is 0 Å². The first kappa shape index (κ1) is 17.7. The lowest BCUT2D eigenvalue weighted by molar-refractivity contribution is 0.0278. The molecule has 0 N–H and O–H groups in total. The summed E-state index contributed by atoms with van der Waals surface area (Å²) in [5, 5.41) is 0. The summed E-state index contributed by atoms with van der Waals surface area (Å²) < 4.78 is 10.8. The van der Waals surface area contributed by atoms with Crippen molar-refractivity contribution in [1.82, 2.24) is 0 Å². The van der Waals surface area contributed by atoms with Crippen LogP contribution in [0.15, 0.2) is 65.3 Å². The second-order valence-electron chi connectivity index (χ2n) is 6.32. The van der Waals surface area contributed by atoms with E-state index < -0.39 is 12.1 Å². The molecule has 0 unspecified atom stereocenters. The molecule has 0 aliphatic heterocycles. The van der Waals surface area contributed by atoms with Crippen molar-refractivity contribution >= 4 is 11.8 Å². The zero-order valence-electron chi connectivity index (χ0n) is 15.0. The number of carbonyl (C=O) groups is 2. The van der Waals surface area contributed by atoms with E-state index in [1.165, 1.54) is 6.26 Å². The van der Waals surface area contributed by atoms with Crippen LogP contribution in [0.2, 0.25) is 0 Å². The minimum absolute atomic E-state index is 0.261. The molecule has 0 saturated heterocycles. The Kier molecular flexibility index (Phi) is 5.03. The van der Waals surface area contributed by atoms with Crippen molar-refractivity contribution in [2.45, 2.75) is 26.9 Å². The number of esters is 1. The SMILES string of the molecule is Cc1ccc(C(=O)[C@H](OC(=O)c2ccoc2C)c2ccc(C)cc2)cc1. The van der Waals surface area contributed by atoms with Gasteiger partial charge >= 0.3 is 5.97 Å². The smallest absolute Gasteiger partial charge is 0.342 e. The molecule has 0 aliphatic carbocycles. The molecule has 132 valence electrons. The zero-order chi connectivity index (χ0) is 18.7. The second kappa shape index (κ2) is 7.40. The number of furan rings is 1. The van der Waals surface area contributed by atoms with Gasteiger partial charge < -0.3 is 9.15 Å². The topological polar surface area (TPSA) is 56.5 Å². The molecule has 3 aromatic rings. The van der Waals surface area contributed by atoms with E-state index in [1.807, 2.05) is 50.2 Å². The highest BCUT2D eigenvalue weighted by molar-refractivity contribution is 6.02. The summed E-state index contributed by atoms with van der Waals surface area (Å²) in [6, 6.07) is 16.2. The maximum absolute atomic E-state index is 13.0. The summed E-state index contributed by atoms with van der Waals surface area (Å²) in [7, 11) is 0. The van der Waals surface area contributed by atoms with Crippen LogP contribution in [0.25, 0.3) is 0 Å². The number of hydrogen-bond acceptors (Lipinski definition) is 4. The normalized spacial score (nSPS) is 11.8. The third kappa shape index (κ3) is 3.75. The van der Waals surface area contributed by atoms with E-state index in [4.69, 9.17) is 9.15 Å². The van der Waals surface area contributed by atoms with Crippen LogP contribution in [-0.2, 0) is 4.74 Å². The van der Waals surface area contributed by atoms with Crippen molar-refractivity contribution in [3.63, 3.8) is 0 Å². The van der Waals surface area contributed by atoms with Crippen LogP contribution in [0.5, 0.6) is 0 Å². The third-order valence-electron chi connectivity index (χ3n) is 4.26. The van der Waals surface area contributed by atoms with Gasteiger partial charge in [0.2, 0.25) is 5.78 Å². The maximum atomic E-state index is 13.0. The molecule has 0 amide bonds. The molecule has 4 nitrogen and oxygen atoms in total. The van der Waals surface area contributed by atoms with Gasteiger partial charge in [0.05, 0.1) is 6.26 Å². The number of ketones is 1. The average Bonchev–Trinajstić information content (AvgIpc) is 3.06. The molecule has 0 spiro atoms. The van der Waals surface area contributed by atoms with Crippen LogP contribution in [0, 0.1) is 20.8 Å². The Balaban J connectivity index is 1.94. The van der Waals surface area contributed by atoms with Gasteiger partial charge in [-0.25, -0.2) is 4.79 Å². The van der Waals surface area contributed by atoms with Crippen LogP contribution >= 0.6 is 0 Å². The highest BCUT2D eigenvalue weighted by Gasteiger charge is 2.27. The molecule has 3 rings (SSSR count). The number of Topliss-reactive ketones (excluding diaryl/α,β-unsaturated/α-hetero) is 1. The van der Waals surface area contributed by atoms with Crippen LogP contribution in [0.3, 0.4) is 0 Å². The van der Waals surface area contributed by atoms with Gasteiger partial charge in [-0.1, -0.05) is 59.7 Å². The van der Waals surface area contributed by atoms with E-state index >= 15 is 0 Å². The number of carbonyl (C=O) groups excluding carboxylic acids is 2. The first-order chi connectivity index (χ1) is 12.5. The van der Waals surface area contributed by atoms with Crippen molar-refractivity contribution < 1.29 is 18.7 Å². The fourth-order valence-electron chi connectivity index (χ4n) is 2.65. The molecule has 4 heteroatoms. The number of rotatable bonds is 5. The molecular formula is C22H20O4. The molecule has 0 saturated carbocycles. The molecule has 1 atom stereocenters. The van der Waals surface area contributed by atoms with Gasteiger partial charge in [0.15, 0.2) is 6.10 Å². The molecule has 1 heterocycles. The Labute approximate surface area is 152 Å². The van der Waals surface area contributed by atoms with Gasteiger partial charge in [0.1, 0.15) is 11.3 Å². The van der Waals surface area contributed by atoms with Crippen LogP contribution in [0.1, 0.15) is 49.3 Å². The highest BCUT2D eigenvalue weighted by atomic mass is 16.5. The van der Waals surface area contributed by atoms with Crippen LogP contribution in [0.4, 0.5) is 0 Å². The van der Waals surface area contributed by atoms with Crippen molar-refractivity contribution in [3.05, 3.63) is 94.4 Å². The van der Waals surface area contributed by atoms with Gasteiger partial charge in [-0.05, 0) is 26.8 Å². The fraction of sp³-hybridized carbons (Fsp3) is 0.182. The number of aryl methyl sites for hydroxylation is 3. The Hall–Kier alpha value is -3.14. The lowest BCUT2D eigenvalue weighted by Crippen LogP contribution is -2.20.